The van der Waals surface area contributed by atoms with Crippen LogP contribution in [0.4, 0.5) is 0 Å². The van der Waals surface area contributed by atoms with Gasteiger partial charge in [0.05, 0.1) is 105 Å². The number of hydrogen-bond donors (Lipinski definition) is 0. The molecule has 0 aromatic carbocycles. The van der Waals surface area contributed by atoms with Gasteiger partial charge in [0.25, 0.3) is 0 Å². The molecule has 0 saturated carbocycles. The summed E-state index contributed by atoms with van der Waals surface area (Å²) >= 11 is 0. The minimum absolute atomic E-state index is 1.03. The van der Waals surface area contributed by atoms with Crippen LogP contribution in [0.3, 0.4) is 0 Å². The summed E-state index contributed by atoms with van der Waals surface area (Å²) in [5, 5.41) is 37.1. The Morgan fingerprint density at radius 3 is 0.448 bits per heavy atom. The summed E-state index contributed by atoms with van der Waals surface area (Å²) < 4.78 is 5.25. The number of quaternary nitrogens is 4. The van der Waals surface area contributed by atoms with Crippen LogP contribution in [0.1, 0.15) is 175 Å². The molecule has 0 aromatic rings. The van der Waals surface area contributed by atoms with Crippen molar-refractivity contribution in [2.24, 2.45) is 0 Å². The van der Waals surface area contributed by atoms with Crippen molar-refractivity contribution in [3.05, 3.63) is 0 Å². The Hall–Kier alpha value is -2.28. The van der Waals surface area contributed by atoms with Gasteiger partial charge in [-0.05, 0) is 109 Å². The van der Waals surface area contributed by atoms with Gasteiger partial charge < -0.3 is 57.5 Å². The van der Waals surface area contributed by atoms with E-state index in [9.17, 15) is 39.6 Å². The molecule has 0 aliphatic heterocycles. The van der Waals surface area contributed by atoms with Crippen LogP contribution in [0.5, 0.6) is 0 Å². The monoisotopic (exact) mass is 837 g/mol. The highest BCUT2D eigenvalue weighted by molar-refractivity contribution is 5.87. The number of carboxylic acids is 4. The van der Waals surface area contributed by atoms with E-state index in [1.807, 2.05) is 0 Å². The molecule has 0 aliphatic rings. The van der Waals surface area contributed by atoms with Crippen LogP contribution < -0.4 is 20.4 Å². The Morgan fingerprint density at radius 2 is 0.397 bits per heavy atom. The lowest BCUT2D eigenvalue weighted by molar-refractivity contribution is -0.923. The van der Waals surface area contributed by atoms with E-state index in [1.165, 1.54) is 174 Å². The van der Waals surface area contributed by atoms with Crippen LogP contribution in [0.25, 0.3) is 0 Å². The van der Waals surface area contributed by atoms with Gasteiger partial charge >= 0.3 is 0 Å². The fraction of sp³-hybridized carbons (Fsp3) is 0.913. The van der Waals surface area contributed by atoms with Crippen LogP contribution in [-0.4, -0.2) is 147 Å². The second kappa shape index (κ2) is 44.3. The maximum atomic E-state index is 9.28. The molecule has 0 fully saturated rings. The first-order chi connectivity index (χ1) is 27.2. The molecule has 0 spiro atoms. The zero-order chi connectivity index (χ0) is 46.7. The van der Waals surface area contributed by atoms with Gasteiger partial charge in [0.1, 0.15) is 0 Å². The maximum absolute atomic E-state index is 9.28. The van der Waals surface area contributed by atoms with Gasteiger partial charge in [-0.3, -0.25) is 0 Å². The van der Waals surface area contributed by atoms with E-state index in [0.29, 0.717) is 0 Å². The van der Waals surface area contributed by atoms with E-state index in [1.54, 1.807) is 0 Å². The van der Waals surface area contributed by atoms with Gasteiger partial charge in [-0.25, -0.2) is 0 Å². The number of unbranched alkanes of at least 4 members (excludes halogenated alkanes) is 4. The average Bonchev–Trinajstić information content (AvgIpc) is 3.21. The highest BCUT2D eigenvalue weighted by atomic mass is 16.4. The summed E-state index contributed by atoms with van der Waals surface area (Å²) in [6.07, 6.45) is 8.82. The van der Waals surface area contributed by atoms with Crippen molar-refractivity contribution in [3.63, 3.8) is 0 Å². The Labute approximate surface area is 360 Å². The van der Waals surface area contributed by atoms with Crippen molar-refractivity contribution < 1.29 is 57.5 Å². The standard InChI is InChI=1S/4C10H24N.2C3H4O4/c4*1-5-9-10-11(6-2,7-3)8-4;2*4-2(5)1-3(6)7/h4*5-10H2,1-4H3;2*1H2,(H,4,5)(H,6,7)/q4*+1;;/p-4. The number of carbonyl (C=O) groups is 4. The average molecular weight is 837 g/mol. The van der Waals surface area contributed by atoms with E-state index in [4.69, 9.17) is 0 Å². The molecule has 352 valence electrons. The largest absolute Gasteiger partial charge is 0.550 e. The fourth-order valence-corrected chi connectivity index (χ4v) is 6.79. The van der Waals surface area contributed by atoms with Crippen LogP contribution in [-0.2, 0) is 19.2 Å². The number of aliphatic carboxylic acids is 4. The van der Waals surface area contributed by atoms with E-state index in [0.717, 1.165) is 0 Å². The van der Waals surface area contributed by atoms with Gasteiger partial charge in [0, 0.05) is 36.7 Å². The first-order valence-corrected chi connectivity index (χ1v) is 23.4. The van der Waals surface area contributed by atoms with Crippen molar-refractivity contribution in [3.8, 4) is 0 Å². The summed E-state index contributed by atoms with van der Waals surface area (Å²) in [5.74, 6) is -6.50. The van der Waals surface area contributed by atoms with Crippen LogP contribution in [0, 0.1) is 0 Å². The van der Waals surface area contributed by atoms with E-state index in [2.05, 4.69) is 111 Å². The number of carbonyl (C=O) groups excluding carboxylic acids is 4. The molecule has 0 aromatic heterocycles. The lowest BCUT2D eigenvalue weighted by Crippen LogP contribution is -2.48. The third-order valence-electron chi connectivity index (χ3n) is 12.6. The van der Waals surface area contributed by atoms with Crippen molar-refractivity contribution >= 4 is 23.9 Å². The SMILES string of the molecule is CCCC[N+](CC)(CC)CC.CCCC[N+](CC)(CC)CC.CCCC[N+](CC)(CC)CC.CCCC[N+](CC)(CC)CC.O=C([O-])CC(=O)[O-].O=C([O-])CC(=O)[O-]. The first kappa shape index (κ1) is 67.5. The van der Waals surface area contributed by atoms with Crippen LogP contribution >= 0.6 is 0 Å². The molecule has 0 saturated heterocycles. The molecule has 12 nitrogen and oxygen atoms in total. The van der Waals surface area contributed by atoms with E-state index in [-0.39, 0.29) is 0 Å². The molecule has 0 atom stereocenters. The van der Waals surface area contributed by atoms with Crippen LogP contribution in [0.15, 0.2) is 0 Å². The van der Waals surface area contributed by atoms with Crippen LogP contribution in [0.2, 0.25) is 0 Å². The fourth-order valence-electron chi connectivity index (χ4n) is 6.79. The zero-order valence-corrected chi connectivity index (χ0v) is 41.4. The number of rotatable bonds is 28. The molecule has 0 bridgehead atoms. The highest BCUT2D eigenvalue weighted by Gasteiger charge is 2.21. The molecule has 0 N–H and O–H groups in total. The summed E-state index contributed by atoms with van der Waals surface area (Å²) in [6.45, 7) is 57.9. The zero-order valence-electron chi connectivity index (χ0n) is 41.4. The second-order valence-electron chi connectivity index (χ2n) is 15.3. The van der Waals surface area contributed by atoms with Gasteiger partial charge in [-0.2, -0.15) is 0 Å². The normalized spacial score (nSPS) is 11.0. The quantitative estimate of drug-likeness (QED) is 0.0829. The molecular weight excluding hydrogens is 737 g/mol. The van der Waals surface area contributed by atoms with Gasteiger partial charge in [0.15, 0.2) is 0 Å². The molecule has 0 rings (SSSR count). The Morgan fingerprint density at radius 1 is 0.276 bits per heavy atom. The van der Waals surface area contributed by atoms with Crippen molar-refractivity contribution in [1.29, 1.82) is 0 Å². The van der Waals surface area contributed by atoms with Crippen molar-refractivity contribution in [2.45, 2.75) is 175 Å². The van der Waals surface area contributed by atoms with E-state index < -0.39 is 36.7 Å². The summed E-state index contributed by atoms with van der Waals surface area (Å²) in [5.41, 5.74) is 0. The molecule has 58 heavy (non-hydrogen) atoms. The molecule has 0 radical (unpaired) electrons. The van der Waals surface area contributed by atoms with Crippen molar-refractivity contribution in [2.75, 3.05) is 105 Å². The molecule has 0 unspecified atom stereocenters. The van der Waals surface area contributed by atoms with Crippen molar-refractivity contribution in [1.82, 2.24) is 0 Å². The molecule has 0 amide bonds. The minimum atomic E-state index is -1.63. The second-order valence-corrected chi connectivity index (χ2v) is 15.3. The Kier molecular flexibility index (Phi) is 51.5. The third-order valence-corrected chi connectivity index (χ3v) is 12.6. The summed E-state index contributed by atoms with van der Waals surface area (Å²) in [6, 6.07) is 0. The first-order valence-electron chi connectivity index (χ1n) is 23.4. The highest BCUT2D eigenvalue weighted by Crippen LogP contribution is 2.10. The summed E-state index contributed by atoms with van der Waals surface area (Å²) in [4.78, 5) is 37.1. The Balaban J connectivity index is -0.000000141. The molecule has 0 heterocycles. The third kappa shape index (κ3) is 39.2. The Bertz CT molecular complexity index is 754. The summed E-state index contributed by atoms with van der Waals surface area (Å²) in [7, 11) is 0. The van der Waals surface area contributed by atoms with Gasteiger partial charge in [-0.15, -0.1) is 0 Å². The maximum Gasteiger partial charge on any atom is 0.0786 e. The van der Waals surface area contributed by atoms with Gasteiger partial charge in [0.2, 0.25) is 0 Å². The minimum Gasteiger partial charge on any atom is -0.550 e. The predicted octanol–water partition coefficient (Wildman–Crippen LogP) is 4.40. The topological polar surface area (TPSA) is 161 Å². The lowest BCUT2D eigenvalue weighted by atomic mass is 10.2. The number of carboxylic acid groups (broad SMARTS) is 4. The van der Waals surface area contributed by atoms with E-state index >= 15 is 0 Å². The smallest absolute Gasteiger partial charge is 0.0786 e. The molecule has 0 aliphatic carbocycles. The number of hydrogen-bond acceptors (Lipinski definition) is 8. The van der Waals surface area contributed by atoms with Gasteiger partial charge in [-0.1, -0.05) is 53.4 Å². The molecule has 12 heteroatoms. The number of nitrogens with zero attached hydrogens (tertiary/aromatic N) is 4. The predicted molar refractivity (Wildman–Crippen MR) is 236 cm³/mol. The molecular formula is C46H100N4O8. The lowest BCUT2D eigenvalue weighted by Gasteiger charge is -2.35.